The molecule has 0 saturated heterocycles. The van der Waals surface area contributed by atoms with Crippen LogP contribution in [0.3, 0.4) is 0 Å². The first-order valence-electron chi connectivity index (χ1n) is 2.73. The molecule has 0 bridgehead atoms. The Morgan fingerprint density at radius 1 is 1.22 bits per heavy atom. The van der Waals surface area contributed by atoms with E-state index in [0.29, 0.717) is 0 Å². The minimum absolute atomic E-state index is 0.731. The topological polar surface area (TPSA) is 20.2 Å². The summed E-state index contributed by atoms with van der Waals surface area (Å²) >= 11 is 0. The van der Waals surface area contributed by atoms with Gasteiger partial charge in [0.05, 0.1) is 0 Å². The van der Waals surface area contributed by atoms with Gasteiger partial charge in [-0.2, -0.15) is 0 Å². The van der Waals surface area contributed by atoms with Crippen LogP contribution >= 0.6 is 0 Å². The lowest BCUT2D eigenvalue weighted by Crippen LogP contribution is -2.38. The van der Waals surface area contributed by atoms with Crippen LogP contribution in [0.5, 0.6) is 0 Å². The minimum Gasteiger partial charge on any atom is -0.447 e. The molecule has 0 aliphatic heterocycles. The molecular weight excluding hydrogens is 132 g/mol. The number of aliphatic hydroxyl groups is 1. The molecule has 0 aromatic heterocycles. The first-order valence-corrected chi connectivity index (χ1v) is 2.73. The molecule has 0 rings (SSSR count). The summed E-state index contributed by atoms with van der Waals surface area (Å²) in [6.45, 7) is -2.38. The fourth-order valence-electron chi connectivity index (χ4n) is 0.436. The lowest BCUT2D eigenvalue weighted by atomic mass is 9.76. The van der Waals surface area contributed by atoms with Crippen molar-refractivity contribution in [2.75, 3.05) is 0 Å². The predicted molar refractivity (Wildman–Crippen MR) is 29.9 cm³/mol. The van der Waals surface area contributed by atoms with Crippen LogP contribution in [0.1, 0.15) is 13.8 Å². The second-order valence-corrected chi connectivity index (χ2v) is 2.36. The van der Waals surface area contributed by atoms with Crippen LogP contribution in [-0.2, 0) is 0 Å². The molecule has 1 unspecified atom stereocenters. The summed E-state index contributed by atoms with van der Waals surface area (Å²) in [6, 6.07) is -2.12. The van der Waals surface area contributed by atoms with Crippen LogP contribution in [0.2, 0.25) is 0 Å². The molecule has 1 N–H and O–H groups in total. The van der Waals surface area contributed by atoms with Crippen molar-refractivity contribution >= 4 is 6.98 Å². The third-order valence-electron chi connectivity index (χ3n) is 1.07. The largest absolute Gasteiger partial charge is 0.506 e. The molecule has 1 nitrogen and oxygen atoms in total. The van der Waals surface area contributed by atoms with E-state index >= 15 is 0 Å². The third kappa shape index (κ3) is 2.74. The first-order chi connectivity index (χ1) is 3.85. The Labute approximate surface area is 51.9 Å². The molecule has 0 saturated carbocycles. The maximum atomic E-state index is 11.5. The Balaban J connectivity index is 3.88. The molecule has 0 aliphatic rings. The summed E-state index contributed by atoms with van der Waals surface area (Å²) in [7, 11) is 0. The molecule has 0 radical (unpaired) electrons. The second-order valence-electron chi connectivity index (χ2n) is 2.36. The Bertz CT molecular complexity index is 90.3. The standard InChI is InChI=1S/C4H9BF3O/c1-3(2)4(9)5(6,7)8/h3-4,9H,1-2H3/q-1. The van der Waals surface area contributed by atoms with E-state index in [9.17, 15) is 12.9 Å². The summed E-state index contributed by atoms with van der Waals surface area (Å²) in [5.74, 6) is -0.731. The average Bonchev–Trinajstić information content (AvgIpc) is 1.62. The van der Waals surface area contributed by atoms with Gasteiger partial charge in [-0.3, -0.25) is 0 Å². The fraction of sp³-hybridized carbons (Fsp3) is 1.00. The zero-order valence-corrected chi connectivity index (χ0v) is 5.31. The van der Waals surface area contributed by atoms with Gasteiger partial charge in [-0.05, 0) is 5.92 Å². The van der Waals surface area contributed by atoms with E-state index in [1.165, 1.54) is 13.8 Å². The van der Waals surface area contributed by atoms with E-state index in [2.05, 4.69) is 0 Å². The normalized spacial score (nSPS) is 16.3. The number of hydrogen-bond acceptors (Lipinski definition) is 1. The maximum Gasteiger partial charge on any atom is 0.506 e. The highest BCUT2D eigenvalue weighted by Crippen LogP contribution is 2.19. The van der Waals surface area contributed by atoms with Gasteiger partial charge < -0.3 is 18.1 Å². The number of rotatable bonds is 2. The molecule has 0 fully saturated rings. The van der Waals surface area contributed by atoms with Crippen LogP contribution in [0.25, 0.3) is 0 Å². The Morgan fingerprint density at radius 2 is 1.56 bits per heavy atom. The molecule has 56 valence electrons. The lowest BCUT2D eigenvalue weighted by molar-refractivity contribution is 0.149. The Kier molecular flexibility index (Phi) is 2.55. The molecule has 0 heterocycles. The van der Waals surface area contributed by atoms with Crippen molar-refractivity contribution in [3.63, 3.8) is 0 Å². The van der Waals surface area contributed by atoms with Crippen molar-refractivity contribution in [2.45, 2.75) is 19.9 Å². The Hall–Kier alpha value is -0.185. The van der Waals surface area contributed by atoms with Gasteiger partial charge in [0.2, 0.25) is 0 Å². The van der Waals surface area contributed by atoms with E-state index in [-0.39, 0.29) is 0 Å². The van der Waals surface area contributed by atoms with Gasteiger partial charge in [-0.25, -0.2) is 0 Å². The highest BCUT2D eigenvalue weighted by Gasteiger charge is 2.35. The summed E-state index contributed by atoms with van der Waals surface area (Å²) < 4.78 is 34.5. The van der Waals surface area contributed by atoms with Crippen LogP contribution in [0.15, 0.2) is 0 Å². The molecule has 5 heteroatoms. The van der Waals surface area contributed by atoms with Gasteiger partial charge in [0.15, 0.2) is 0 Å². The molecule has 0 aromatic rings. The van der Waals surface area contributed by atoms with Crippen molar-refractivity contribution in [3.8, 4) is 0 Å². The molecule has 1 atom stereocenters. The van der Waals surface area contributed by atoms with Crippen molar-refractivity contribution < 1.29 is 18.1 Å². The highest BCUT2D eigenvalue weighted by molar-refractivity contribution is 6.59. The number of aliphatic hydroxyl groups excluding tert-OH is 1. The molecule has 0 spiro atoms. The third-order valence-corrected chi connectivity index (χ3v) is 1.07. The Morgan fingerprint density at radius 3 is 1.56 bits per heavy atom. The monoisotopic (exact) mass is 141 g/mol. The van der Waals surface area contributed by atoms with Crippen LogP contribution in [0, 0.1) is 5.92 Å². The van der Waals surface area contributed by atoms with E-state index in [1.54, 1.807) is 0 Å². The van der Waals surface area contributed by atoms with Crippen LogP contribution < -0.4 is 0 Å². The first kappa shape index (κ1) is 8.81. The van der Waals surface area contributed by atoms with Crippen molar-refractivity contribution in [2.24, 2.45) is 5.92 Å². The highest BCUT2D eigenvalue weighted by atomic mass is 19.4. The molecule has 0 amide bonds. The number of hydrogen-bond donors (Lipinski definition) is 1. The summed E-state index contributed by atoms with van der Waals surface area (Å²) in [6.07, 6.45) is 0. The van der Waals surface area contributed by atoms with Crippen LogP contribution in [-0.4, -0.2) is 18.1 Å². The van der Waals surface area contributed by atoms with Crippen LogP contribution in [0.4, 0.5) is 12.9 Å². The quantitative estimate of drug-likeness (QED) is 0.576. The maximum absolute atomic E-state index is 11.5. The van der Waals surface area contributed by atoms with Gasteiger partial charge in [0.1, 0.15) is 0 Å². The zero-order valence-electron chi connectivity index (χ0n) is 5.31. The van der Waals surface area contributed by atoms with Gasteiger partial charge in [0.25, 0.3) is 0 Å². The van der Waals surface area contributed by atoms with Gasteiger partial charge in [-0.1, -0.05) is 13.8 Å². The molecule has 0 aliphatic carbocycles. The summed E-state index contributed by atoms with van der Waals surface area (Å²) in [5, 5.41) is 8.37. The van der Waals surface area contributed by atoms with Crippen molar-refractivity contribution in [3.05, 3.63) is 0 Å². The molecular formula is C4H9BF3O-. The van der Waals surface area contributed by atoms with E-state index in [4.69, 9.17) is 5.11 Å². The van der Waals surface area contributed by atoms with Crippen molar-refractivity contribution in [1.29, 1.82) is 0 Å². The number of halogens is 3. The van der Waals surface area contributed by atoms with Gasteiger partial charge in [-0.15, -0.1) is 0 Å². The summed E-state index contributed by atoms with van der Waals surface area (Å²) in [4.78, 5) is 0. The van der Waals surface area contributed by atoms with Crippen molar-refractivity contribution in [1.82, 2.24) is 0 Å². The SMILES string of the molecule is CC(C)C(O)[B-](F)(F)F. The average molecular weight is 141 g/mol. The lowest BCUT2D eigenvalue weighted by Gasteiger charge is -2.24. The summed E-state index contributed by atoms with van der Waals surface area (Å²) in [5.41, 5.74) is 0. The van der Waals surface area contributed by atoms with E-state index in [0.717, 1.165) is 0 Å². The van der Waals surface area contributed by atoms with E-state index < -0.39 is 18.9 Å². The van der Waals surface area contributed by atoms with Gasteiger partial charge in [0, 0.05) is 6.00 Å². The smallest absolute Gasteiger partial charge is 0.447 e. The molecule has 9 heavy (non-hydrogen) atoms. The second kappa shape index (κ2) is 2.60. The van der Waals surface area contributed by atoms with Gasteiger partial charge >= 0.3 is 6.98 Å². The predicted octanol–water partition coefficient (Wildman–Crippen LogP) is 1.39. The minimum atomic E-state index is -5.05. The molecule has 0 aromatic carbocycles. The fourth-order valence-corrected chi connectivity index (χ4v) is 0.436. The zero-order chi connectivity index (χ0) is 7.65. The van der Waals surface area contributed by atoms with E-state index in [1.807, 2.05) is 0 Å².